The standard InChI is InChI=1S/C21H19N3O5/c1-14(21(26)27)29-17-9-7-15(8-10-17)12-23-24-19(25)13-28-18-6-2-4-16-5-3-11-22-20(16)18/h2-12,14H,13H2,1H3,(H,24,25)(H,26,27)/b23-12-/t14-/m0/s1. The highest BCUT2D eigenvalue weighted by atomic mass is 16.5. The second-order valence-electron chi connectivity index (χ2n) is 6.08. The number of para-hydroxylation sites is 1. The number of aliphatic carboxylic acids is 1. The Hall–Kier alpha value is -3.94. The summed E-state index contributed by atoms with van der Waals surface area (Å²) in [6, 6.07) is 15.9. The van der Waals surface area contributed by atoms with Gasteiger partial charge in [-0.25, -0.2) is 10.2 Å². The lowest BCUT2D eigenvalue weighted by Crippen LogP contribution is -2.24. The van der Waals surface area contributed by atoms with Crippen LogP contribution in [-0.4, -0.2) is 40.9 Å². The fourth-order valence-corrected chi connectivity index (χ4v) is 2.43. The molecule has 0 aliphatic heterocycles. The summed E-state index contributed by atoms with van der Waals surface area (Å²) in [5.41, 5.74) is 3.78. The van der Waals surface area contributed by atoms with Crippen molar-refractivity contribution >= 4 is 29.0 Å². The normalized spacial score (nSPS) is 11.9. The van der Waals surface area contributed by atoms with Gasteiger partial charge in [0.1, 0.15) is 17.0 Å². The number of carboxylic acids is 1. The van der Waals surface area contributed by atoms with Crippen molar-refractivity contribution in [2.45, 2.75) is 13.0 Å². The van der Waals surface area contributed by atoms with E-state index in [1.165, 1.54) is 13.1 Å². The molecule has 2 N–H and O–H groups in total. The zero-order chi connectivity index (χ0) is 20.6. The average molecular weight is 393 g/mol. The van der Waals surface area contributed by atoms with E-state index in [1.807, 2.05) is 24.3 Å². The first-order valence-electron chi connectivity index (χ1n) is 8.81. The molecule has 8 nitrogen and oxygen atoms in total. The highest BCUT2D eigenvalue weighted by Crippen LogP contribution is 2.22. The number of aromatic nitrogens is 1. The van der Waals surface area contributed by atoms with Gasteiger partial charge in [-0.1, -0.05) is 18.2 Å². The number of pyridine rings is 1. The van der Waals surface area contributed by atoms with Crippen LogP contribution in [0.5, 0.6) is 11.5 Å². The van der Waals surface area contributed by atoms with Gasteiger partial charge in [0, 0.05) is 11.6 Å². The van der Waals surface area contributed by atoms with Crippen LogP contribution in [0.2, 0.25) is 0 Å². The van der Waals surface area contributed by atoms with Crippen LogP contribution in [-0.2, 0) is 9.59 Å². The van der Waals surface area contributed by atoms with Crippen LogP contribution in [0.3, 0.4) is 0 Å². The molecule has 0 aliphatic carbocycles. The van der Waals surface area contributed by atoms with Gasteiger partial charge in [0.2, 0.25) is 0 Å². The highest BCUT2D eigenvalue weighted by molar-refractivity contribution is 5.85. The molecule has 148 valence electrons. The Balaban J connectivity index is 1.50. The van der Waals surface area contributed by atoms with Gasteiger partial charge in [0.25, 0.3) is 5.91 Å². The van der Waals surface area contributed by atoms with Gasteiger partial charge in [-0.05, 0) is 48.9 Å². The van der Waals surface area contributed by atoms with Gasteiger partial charge in [-0.2, -0.15) is 5.10 Å². The van der Waals surface area contributed by atoms with Crippen LogP contribution in [0, 0.1) is 0 Å². The number of nitrogens with zero attached hydrogens (tertiary/aromatic N) is 2. The van der Waals surface area contributed by atoms with E-state index in [2.05, 4.69) is 15.5 Å². The van der Waals surface area contributed by atoms with Crippen molar-refractivity contribution in [2.75, 3.05) is 6.61 Å². The Bertz CT molecular complexity index is 1030. The molecule has 0 radical (unpaired) electrons. The summed E-state index contributed by atoms with van der Waals surface area (Å²) < 4.78 is 10.8. The molecule has 1 aromatic heterocycles. The van der Waals surface area contributed by atoms with E-state index in [0.717, 1.165) is 5.39 Å². The number of fused-ring (bicyclic) bond motifs is 1. The molecule has 3 rings (SSSR count). The smallest absolute Gasteiger partial charge is 0.344 e. The largest absolute Gasteiger partial charge is 0.481 e. The van der Waals surface area contributed by atoms with Crippen molar-refractivity contribution in [2.24, 2.45) is 5.10 Å². The summed E-state index contributed by atoms with van der Waals surface area (Å²) in [6.07, 6.45) is 2.19. The monoisotopic (exact) mass is 393 g/mol. The van der Waals surface area contributed by atoms with Crippen molar-refractivity contribution in [1.29, 1.82) is 0 Å². The Kier molecular flexibility index (Phi) is 6.36. The van der Waals surface area contributed by atoms with Crippen LogP contribution in [0.25, 0.3) is 10.9 Å². The number of hydrazone groups is 1. The highest BCUT2D eigenvalue weighted by Gasteiger charge is 2.11. The van der Waals surface area contributed by atoms with Gasteiger partial charge in [-0.3, -0.25) is 9.78 Å². The number of nitrogens with one attached hydrogen (secondary N) is 1. The van der Waals surface area contributed by atoms with Crippen LogP contribution in [0.4, 0.5) is 0 Å². The molecular formula is C21H19N3O5. The summed E-state index contributed by atoms with van der Waals surface area (Å²) in [5, 5.41) is 13.6. The van der Waals surface area contributed by atoms with Gasteiger partial charge < -0.3 is 14.6 Å². The molecule has 0 fully saturated rings. The molecule has 1 amide bonds. The predicted molar refractivity (Wildman–Crippen MR) is 107 cm³/mol. The van der Waals surface area contributed by atoms with Gasteiger partial charge in [-0.15, -0.1) is 0 Å². The van der Waals surface area contributed by atoms with Crippen molar-refractivity contribution in [1.82, 2.24) is 10.4 Å². The summed E-state index contributed by atoms with van der Waals surface area (Å²) >= 11 is 0. The van der Waals surface area contributed by atoms with Crippen molar-refractivity contribution in [3.05, 3.63) is 66.4 Å². The lowest BCUT2D eigenvalue weighted by Gasteiger charge is -2.10. The second-order valence-corrected chi connectivity index (χ2v) is 6.08. The number of benzene rings is 2. The average Bonchev–Trinajstić information content (AvgIpc) is 2.73. The molecular weight excluding hydrogens is 374 g/mol. The third-order valence-electron chi connectivity index (χ3n) is 3.90. The lowest BCUT2D eigenvalue weighted by molar-refractivity contribution is -0.144. The Morgan fingerprint density at radius 2 is 1.93 bits per heavy atom. The zero-order valence-corrected chi connectivity index (χ0v) is 15.6. The molecule has 1 heterocycles. The summed E-state index contributed by atoms with van der Waals surface area (Å²) in [4.78, 5) is 27.0. The maximum absolute atomic E-state index is 11.9. The van der Waals surface area contributed by atoms with Gasteiger partial charge >= 0.3 is 5.97 Å². The molecule has 3 aromatic rings. The quantitative estimate of drug-likeness (QED) is 0.450. The summed E-state index contributed by atoms with van der Waals surface area (Å²) in [5.74, 6) is -0.504. The maximum Gasteiger partial charge on any atom is 0.344 e. The number of carbonyl (C=O) groups excluding carboxylic acids is 1. The minimum absolute atomic E-state index is 0.202. The Morgan fingerprint density at radius 1 is 1.17 bits per heavy atom. The molecule has 1 atom stereocenters. The van der Waals surface area contributed by atoms with Crippen molar-refractivity contribution in [3.8, 4) is 11.5 Å². The third kappa shape index (κ3) is 5.52. The number of hydrogen-bond donors (Lipinski definition) is 2. The minimum Gasteiger partial charge on any atom is -0.481 e. The van der Waals surface area contributed by atoms with Gasteiger partial charge in [0.05, 0.1) is 6.21 Å². The van der Waals surface area contributed by atoms with Crippen LogP contribution >= 0.6 is 0 Å². The van der Waals surface area contributed by atoms with Crippen LogP contribution < -0.4 is 14.9 Å². The van der Waals surface area contributed by atoms with Crippen molar-refractivity contribution < 1.29 is 24.2 Å². The first-order valence-corrected chi connectivity index (χ1v) is 8.81. The van der Waals surface area contributed by atoms with E-state index in [-0.39, 0.29) is 6.61 Å². The number of amides is 1. The molecule has 2 aromatic carbocycles. The van der Waals surface area contributed by atoms with E-state index in [1.54, 1.807) is 36.5 Å². The fraction of sp³-hybridized carbons (Fsp3) is 0.143. The molecule has 0 saturated heterocycles. The molecule has 29 heavy (non-hydrogen) atoms. The van der Waals surface area contributed by atoms with Crippen LogP contribution in [0.1, 0.15) is 12.5 Å². The SMILES string of the molecule is C[C@H](Oc1ccc(/C=N\NC(=O)COc2cccc3cccnc23)cc1)C(=O)O. The summed E-state index contributed by atoms with van der Waals surface area (Å²) in [7, 11) is 0. The molecule has 0 saturated carbocycles. The van der Waals surface area contributed by atoms with E-state index in [4.69, 9.17) is 14.6 Å². The van der Waals surface area contributed by atoms with Gasteiger partial charge in [0.15, 0.2) is 12.7 Å². The van der Waals surface area contributed by atoms with E-state index < -0.39 is 18.0 Å². The number of ether oxygens (including phenoxy) is 2. The topological polar surface area (TPSA) is 110 Å². The zero-order valence-electron chi connectivity index (χ0n) is 15.6. The lowest BCUT2D eigenvalue weighted by atomic mass is 10.2. The molecule has 8 heteroatoms. The van der Waals surface area contributed by atoms with E-state index >= 15 is 0 Å². The molecule has 0 spiro atoms. The Labute approximate surface area is 166 Å². The minimum atomic E-state index is -1.04. The molecule has 0 aliphatic rings. The van der Waals surface area contributed by atoms with Crippen molar-refractivity contribution in [3.63, 3.8) is 0 Å². The number of carboxylic acid groups (broad SMARTS) is 1. The summed E-state index contributed by atoms with van der Waals surface area (Å²) in [6.45, 7) is 1.25. The van der Waals surface area contributed by atoms with E-state index in [0.29, 0.717) is 22.6 Å². The number of hydrogen-bond acceptors (Lipinski definition) is 6. The van der Waals surface area contributed by atoms with E-state index in [9.17, 15) is 9.59 Å². The Morgan fingerprint density at radius 3 is 2.69 bits per heavy atom. The molecule has 0 bridgehead atoms. The fourth-order valence-electron chi connectivity index (χ4n) is 2.43. The first-order chi connectivity index (χ1) is 14.0. The van der Waals surface area contributed by atoms with Crippen LogP contribution in [0.15, 0.2) is 65.9 Å². The first kappa shape index (κ1) is 19.8. The maximum atomic E-state index is 11.9. The second kappa shape index (κ2) is 9.32. The number of rotatable bonds is 8. The number of carbonyl (C=O) groups is 2. The predicted octanol–water partition coefficient (Wildman–Crippen LogP) is 2.62. The third-order valence-corrected chi connectivity index (χ3v) is 3.90. The molecule has 0 unspecified atom stereocenters.